The number of fused-ring (bicyclic) bond motifs is 1. The molecule has 1 unspecified atom stereocenters. The molecule has 5 N–H and O–H groups in total. The molecule has 0 spiro atoms. The monoisotopic (exact) mass is 477 g/mol. The van der Waals surface area contributed by atoms with Crippen LogP contribution in [0.3, 0.4) is 0 Å². The van der Waals surface area contributed by atoms with Gasteiger partial charge < -0.3 is 25.7 Å². The number of anilines is 2. The zero-order valence-electron chi connectivity index (χ0n) is 18.1. The Labute approximate surface area is 191 Å². The number of halogens is 3. The van der Waals surface area contributed by atoms with Crippen molar-refractivity contribution in [3.63, 3.8) is 0 Å². The van der Waals surface area contributed by atoms with Crippen molar-refractivity contribution in [1.29, 1.82) is 0 Å². The number of benzene rings is 2. The van der Waals surface area contributed by atoms with Gasteiger partial charge in [-0.3, -0.25) is 14.5 Å². The highest BCUT2D eigenvalue weighted by Gasteiger charge is 2.35. The molecule has 1 aliphatic rings. The zero-order chi connectivity index (χ0) is 24.7. The molecular weight excluding hydrogens is 455 g/mol. The molecule has 0 aliphatic carbocycles. The van der Waals surface area contributed by atoms with Crippen molar-refractivity contribution in [1.82, 2.24) is 4.90 Å². The highest BCUT2D eigenvalue weighted by atomic mass is 19.1. The van der Waals surface area contributed by atoms with Crippen LogP contribution in [-0.4, -0.2) is 35.2 Å². The molecule has 3 aromatic rings. The first-order valence-electron chi connectivity index (χ1n) is 10.5. The molecule has 1 aliphatic heterocycles. The van der Waals surface area contributed by atoms with Gasteiger partial charge in [-0.2, -0.15) is 0 Å². The molecule has 1 fully saturated rings. The summed E-state index contributed by atoms with van der Waals surface area (Å²) in [5.41, 5.74) is 8.40. The van der Waals surface area contributed by atoms with E-state index in [1.807, 2.05) is 0 Å². The van der Waals surface area contributed by atoms with Crippen molar-refractivity contribution in [2.24, 2.45) is 0 Å². The Balaban J connectivity index is 1.93. The Hall–Kier alpha value is -3.57. The zero-order valence-corrected chi connectivity index (χ0v) is 18.1. The summed E-state index contributed by atoms with van der Waals surface area (Å²) in [6, 6.07) is 4.57. The van der Waals surface area contributed by atoms with E-state index < -0.39 is 63.4 Å². The predicted molar refractivity (Wildman–Crippen MR) is 118 cm³/mol. The van der Waals surface area contributed by atoms with Crippen molar-refractivity contribution < 1.29 is 32.2 Å². The molecule has 0 saturated carbocycles. The lowest BCUT2D eigenvalue weighted by Gasteiger charge is -2.35. The van der Waals surface area contributed by atoms with Crippen LogP contribution in [0, 0.1) is 17.5 Å². The van der Waals surface area contributed by atoms with Gasteiger partial charge in [0.2, 0.25) is 0 Å². The number of carbonyl (C=O) groups excluding carboxylic acids is 1. The minimum absolute atomic E-state index is 0.0936. The average Bonchev–Trinajstić information content (AvgIpc) is 2.78. The number of aliphatic hydroxyl groups excluding tert-OH is 1. The summed E-state index contributed by atoms with van der Waals surface area (Å²) in [7, 11) is 0. The van der Waals surface area contributed by atoms with E-state index in [1.54, 1.807) is 0 Å². The molecule has 1 atom stereocenters. The summed E-state index contributed by atoms with van der Waals surface area (Å²) in [6.45, 7) is 1.45. The summed E-state index contributed by atoms with van der Waals surface area (Å²) >= 11 is 0. The summed E-state index contributed by atoms with van der Waals surface area (Å²) in [5.74, 6) is -4.32. The van der Waals surface area contributed by atoms with Crippen LogP contribution >= 0.6 is 0 Å². The summed E-state index contributed by atoms with van der Waals surface area (Å²) < 4.78 is 55.9. The number of aliphatic hydroxyl groups is 1. The highest BCUT2D eigenvalue weighted by Crippen LogP contribution is 2.38. The van der Waals surface area contributed by atoms with Crippen LogP contribution in [-0.2, 0) is 9.53 Å². The van der Waals surface area contributed by atoms with Crippen LogP contribution in [0.15, 0.2) is 33.5 Å². The van der Waals surface area contributed by atoms with Gasteiger partial charge in [0.15, 0.2) is 28.9 Å². The topological polar surface area (TPSA) is 132 Å². The van der Waals surface area contributed by atoms with Gasteiger partial charge in [-0.25, -0.2) is 13.2 Å². The average molecular weight is 477 g/mol. The molecule has 0 bridgehead atoms. The smallest absolute Gasteiger partial charge is 0.304 e. The number of hydrogen-bond acceptors (Lipinski definition) is 8. The van der Waals surface area contributed by atoms with Crippen LogP contribution < -0.4 is 16.9 Å². The van der Waals surface area contributed by atoms with E-state index >= 15 is 8.78 Å². The van der Waals surface area contributed by atoms with E-state index in [9.17, 15) is 19.1 Å². The molecule has 2 aromatic carbocycles. The van der Waals surface area contributed by atoms with Crippen molar-refractivity contribution in [3.05, 3.63) is 57.5 Å². The SMILES string of the molecule is CC(=O)OC(c1c(F)c(N)c2c(=O)cc(-c3ccc(N)c(F)c3)oc2c1F)N1CCC(O)CC1. The Morgan fingerprint density at radius 3 is 2.47 bits per heavy atom. The first kappa shape index (κ1) is 23.6. The van der Waals surface area contributed by atoms with Gasteiger partial charge in [-0.15, -0.1) is 0 Å². The van der Waals surface area contributed by atoms with Crippen molar-refractivity contribution in [2.45, 2.75) is 32.1 Å². The minimum Gasteiger partial charge on any atom is -0.453 e. The van der Waals surface area contributed by atoms with Crippen LogP contribution in [0.2, 0.25) is 0 Å². The Bertz CT molecular complexity index is 1340. The number of esters is 1. The number of nitrogens with two attached hydrogens (primary N) is 2. The van der Waals surface area contributed by atoms with Gasteiger partial charge in [0.1, 0.15) is 11.6 Å². The number of piperidine rings is 1. The molecule has 4 rings (SSSR count). The lowest BCUT2D eigenvalue weighted by Crippen LogP contribution is -2.40. The molecule has 1 aromatic heterocycles. The molecule has 0 radical (unpaired) electrons. The Kier molecular flexibility index (Phi) is 6.24. The first-order chi connectivity index (χ1) is 16.1. The fourth-order valence-corrected chi connectivity index (χ4v) is 4.01. The Morgan fingerprint density at radius 2 is 1.85 bits per heavy atom. The number of nitrogen functional groups attached to an aromatic ring is 2. The Morgan fingerprint density at radius 1 is 1.18 bits per heavy atom. The van der Waals surface area contributed by atoms with Crippen LogP contribution in [0.4, 0.5) is 24.5 Å². The number of rotatable bonds is 4. The van der Waals surface area contributed by atoms with Crippen molar-refractivity contribution >= 4 is 28.3 Å². The quantitative estimate of drug-likeness (QED) is 0.386. The lowest BCUT2D eigenvalue weighted by atomic mass is 10.0. The molecule has 8 nitrogen and oxygen atoms in total. The largest absolute Gasteiger partial charge is 0.453 e. The second-order valence-corrected chi connectivity index (χ2v) is 8.10. The molecule has 2 heterocycles. The summed E-state index contributed by atoms with van der Waals surface area (Å²) in [4.78, 5) is 26.0. The minimum atomic E-state index is -1.51. The number of carbonyl (C=O) groups is 1. The van der Waals surface area contributed by atoms with Crippen LogP contribution in [0.25, 0.3) is 22.3 Å². The molecule has 180 valence electrons. The fourth-order valence-electron chi connectivity index (χ4n) is 4.01. The molecule has 11 heteroatoms. The highest BCUT2D eigenvalue weighted by molar-refractivity contribution is 5.91. The van der Waals surface area contributed by atoms with E-state index in [-0.39, 0.29) is 30.1 Å². The third kappa shape index (κ3) is 4.19. The maximum atomic E-state index is 15.8. The van der Waals surface area contributed by atoms with E-state index in [0.29, 0.717) is 12.8 Å². The van der Waals surface area contributed by atoms with E-state index in [2.05, 4.69) is 0 Å². The van der Waals surface area contributed by atoms with Crippen molar-refractivity contribution in [2.75, 3.05) is 24.6 Å². The van der Waals surface area contributed by atoms with E-state index in [4.69, 9.17) is 20.6 Å². The lowest BCUT2D eigenvalue weighted by molar-refractivity contribution is -0.160. The second-order valence-electron chi connectivity index (χ2n) is 8.10. The number of ether oxygens (including phenoxy) is 1. The maximum absolute atomic E-state index is 15.8. The first-order valence-corrected chi connectivity index (χ1v) is 10.5. The van der Waals surface area contributed by atoms with Gasteiger partial charge in [-0.1, -0.05) is 0 Å². The van der Waals surface area contributed by atoms with Gasteiger partial charge in [-0.05, 0) is 31.0 Å². The fraction of sp³-hybridized carbons (Fsp3) is 0.304. The molecule has 0 amide bonds. The number of hydrogen-bond donors (Lipinski definition) is 3. The molecule has 1 saturated heterocycles. The normalized spacial score (nSPS) is 16.0. The third-order valence-corrected chi connectivity index (χ3v) is 5.77. The number of nitrogens with zero attached hydrogens (tertiary/aromatic N) is 1. The van der Waals surface area contributed by atoms with Gasteiger partial charge in [0.25, 0.3) is 0 Å². The summed E-state index contributed by atoms with van der Waals surface area (Å²) in [6.07, 6.45) is -1.51. The van der Waals surface area contributed by atoms with Gasteiger partial charge >= 0.3 is 5.97 Å². The van der Waals surface area contributed by atoms with E-state index in [1.165, 1.54) is 17.0 Å². The van der Waals surface area contributed by atoms with E-state index in [0.717, 1.165) is 19.1 Å². The van der Waals surface area contributed by atoms with Crippen LogP contribution in [0.5, 0.6) is 0 Å². The third-order valence-electron chi connectivity index (χ3n) is 5.77. The van der Waals surface area contributed by atoms with Gasteiger partial charge in [0.05, 0.1) is 28.4 Å². The van der Waals surface area contributed by atoms with Gasteiger partial charge in [0, 0.05) is 31.6 Å². The molecule has 34 heavy (non-hydrogen) atoms. The maximum Gasteiger partial charge on any atom is 0.304 e. The summed E-state index contributed by atoms with van der Waals surface area (Å²) in [5, 5.41) is 9.24. The van der Waals surface area contributed by atoms with Crippen molar-refractivity contribution in [3.8, 4) is 11.3 Å². The number of likely N-dealkylation sites (tertiary alicyclic amines) is 1. The standard InChI is InChI=1S/C23H22F3N3O5/c1-10(30)33-23(29-6-4-12(31)5-7-29)18-19(25)21(28)17-15(32)9-16(34-22(17)20(18)26)11-2-3-14(27)13(24)8-11/h2-3,8-9,12,23,31H,4-7,27-28H2,1H3. The second kappa shape index (κ2) is 8.99. The molecular formula is C23H22F3N3O5. The predicted octanol–water partition coefficient (Wildman–Crippen LogP) is 3.06. The van der Waals surface area contributed by atoms with Crippen LogP contribution in [0.1, 0.15) is 31.6 Å².